The molecule has 0 aliphatic carbocycles. The molecule has 4 heterocycles. The second kappa shape index (κ2) is 8.34. The summed E-state index contributed by atoms with van der Waals surface area (Å²) in [6.07, 6.45) is 5.53. The van der Waals surface area contributed by atoms with Crippen LogP contribution >= 0.6 is 0 Å². The Kier molecular flexibility index (Phi) is 5.24. The van der Waals surface area contributed by atoms with Crippen molar-refractivity contribution in [3.05, 3.63) is 66.1 Å². The van der Waals surface area contributed by atoms with Gasteiger partial charge in [-0.1, -0.05) is 25.5 Å². The molecule has 7 nitrogen and oxygen atoms in total. The molecule has 1 fully saturated rings. The maximum absolute atomic E-state index is 4.80. The zero-order valence-electron chi connectivity index (χ0n) is 18.1. The van der Waals surface area contributed by atoms with Crippen molar-refractivity contribution in [2.75, 3.05) is 36.0 Å². The van der Waals surface area contributed by atoms with Crippen LogP contribution < -0.4 is 9.80 Å². The predicted molar refractivity (Wildman–Crippen MR) is 124 cm³/mol. The minimum atomic E-state index is 0.654. The molecule has 31 heavy (non-hydrogen) atoms. The Balaban J connectivity index is 1.46. The largest absolute Gasteiger partial charge is 0.368 e. The maximum Gasteiger partial charge on any atom is 0.254 e. The van der Waals surface area contributed by atoms with Gasteiger partial charge in [0, 0.05) is 61.6 Å². The average Bonchev–Trinajstić information content (AvgIpc) is 3.24. The van der Waals surface area contributed by atoms with Crippen molar-refractivity contribution in [3.63, 3.8) is 0 Å². The van der Waals surface area contributed by atoms with E-state index in [1.165, 1.54) is 11.3 Å². The Labute approximate surface area is 182 Å². The summed E-state index contributed by atoms with van der Waals surface area (Å²) in [5.41, 5.74) is 4.56. The van der Waals surface area contributed by atoms with Gasteiger partial charge < -0.3 is 9.80 Å². The first-order chi connectivity index (χ1) is 15.2. The molecule has 0 radical (unpaired) electrons. The number of anilines is 2. The average molecular weight is 414 g/mol. The first-order valence-corrected chi connectivity index (χ1v) is 10.9. The molecule has 4 aromatic rings. The fourth-order valence-electron chi connectivity index (χ4n) is 4.15. The van der Waals surface area contributed by atoms with Crippen molar-refractivity contribution in [1.29, 1.82) is 0 Å². The third-order valence-corrected chi connectivity index (χ3v) is 5.74. The Bertz CT molecular complexity index is 1180. The normalized spacial score (nSPS) is 14.4. The van der Waals surface area contributed by atoms with Gasteiger partial charge in [-0.2, -0.15) is 9.50 Å². The highest BCUT2D eigenvalue weighted by Crippen LogP contribution is 2.24. The topological polar surface area (TPSA) is 62.5 Å². The SMILES string of the molecule is CCCc1cc(N2CCN(c3cccc(C)c3)CC2)n2nc(-c3cccnc3)nc2n1. The Morgan fingerprint density at radius 3 is 2.52 bits per heavy atom. The zero-order valence-corrected chi connectivity index (χ0v) is 18.1. The van der Waals surface area contributed by atoms with Crippen molar-refractivity contribution in [1.82, 2.24) is 24.6 Å². The van der Waals surface area contributed by atoms with Gasteiger partial charge in [0.2, 0.25) is 0 Å². The van der Waals surface area contributed by atoms with E-state index < -0.39 is 0 Å². The summed E-state index contributed by atoms with van der Waals surface area (Å²) in [4.78, 5) is 18.6. The highest BCUT2D eigenvalue weighted by molar-refractivity contribution is 5.58. The summed E-state index contributed by atoms with van der Waals surface area (Å²) in [6.45, 7) is 8.13. The summed E-state index contributed by atoms with van der Waals surface area (Å²) in [5, 5.41) is 4.80. The van der Waals surface area contributed by atoms with Crippen molar-refractivity contribution in [3.8, 4) is 11.4 Å². The summed E-state index contributed by atoms with van der Waals surface area (Å²) < 4.78 is 1.89. The van der Waals surface area contributed by atoms with E-state index in [0.717, 1.165) is 56.1 Å². The number of rotatable bonds is 5. The van der Waals surface area contributed by atoms with Crippen LogP contribution in [0.25, 0.3) is 17.2 Å². The highest BCUT2D eigenvalue weighted by atomic mass is 15.4. The molecule has 0 saturated carbocycles. The van der Waals surface area contributed by atoms with Crippen LogP contribution in [0.1, 0.15) is 24.6 Å². The van der Waals surface area contributed by atoms with Gasteiger partial charge in [0.15, 0.2) is 5.82 Å². The molecule has 1 aromatic carbocycles. The third kappa shape index (κ3) is 3.95. The van der Waals surface area contributed by atoms with E-state index in [2.05, 4.69) is 59.0 Å². The van der Waals surface area contributed by atoms with E-state index in [0.29, 0.717) is 11.6 Å². The highest BCUT2D eigenvalue weighted by Gasteiger charge is 2.22. The van der Waals surface area contributed by atoms with Gasteiger partial charge >= 0.3 is 0 Å². The molecule has 1 aliphatic heterocycles. The lowest BCUT2D eigenvalue weighted by Gasteiger charge is -2.37. The van der Waals surface area contributed by atoms with E-state index in [-0.39, 0.29) is 0 Å². The number of hydrogen-bond donors (Lipinski definition) is 0. The fourth-order valence-corrected chi connectivity index (χ4v) is 4.15. The minimum absolute atomic E-state index is 0.654. The van der Waals surface area contributed by atoms with Crippen molar-refractivity contribution < 1.29 is 0 Å². The first kappa shape index (κ1) is 19.5. The maximum atomic E-state index is 4.80. The molecular weight excluding hydrogens is 386 g/mol. The van der Waals surface area contributed by atoms with Gasteiger partial charge in [-0.05, 0) is 43.2 Å². The van der Waals surface area contributed by atoms with Gasteiger partial charge in [0.1, 0.15) is 5.82 Å². The monoisotopic (exact) mass is 413 g/mol. The van der Waals surface area contributed by atoms with E-state index in [4.69, 9.17) is 15.1 Å². The Morgan fingerprint density at radius 2 is 1.77 bits per heavy atom. The molecule has 0 amide bonds. The van der Waals surface area contributed by atoms with Crippen molar-refractivity contribution in [2.45, 2.75) is 26.7 Å². The van der Waals surface area contributed by atoms with Crippen LogP contribution in [0.2, 0.25) is 0 Å². The number of aryl methyl sites for hydroxylation is 2. The van der Waals surface area contributed by atoms with Gasteiger partial charge in [-0.3, -0.25) is 4.98 Å². The molecule has 0 atom stereocenters. The summed E-state index contributed by atoms with van der Waals surface area (Å²) in [7, 11) is 0. The van der Waals surface area contributed by atoms with E-state index in [9.17, 15) is 0 Å². The molecular formula is C24H27N7. The summed E-state index contributed by atoms with van der Waals surface area (Å²) in [5.74, 6) is 2.38. The lowest BCUT2D eigenvalue weighted by molar-refractivity contribution is 0.637. The predicted octanol–water partition coefficient (Wildman–Crippen LogP) is 3.77. The van der Waals surface area contributed by atoms with E-state index in [1.54, 1.807) is 12.4 Å². The molecule has 1 saturated heterocycles. The van der Waals surface area contributed by atoms with Crippen LogP contribution in [0.3, 0.4) is 0 Å². The molecule has 0 bridgehead atoms. The van der Waals surface area contributed by atoms with Crippen LogP contribution in [-0.4, -0.2) is 50.7 Å². The molecule has 7 heteroatoms. The minimum Gasteiger partial charge on any atom is -0.368 e. The quantitative estimate of drug-likeness (QED) is 0.496. The van der Waals surface area contributed by atoms with Gasteiger partial charge in [0.25, 0.3) is 5.78 Å². The second-order valence-corrected chi connectivity index (χ2v) is 8.06. The van der Waals surface area contributed by atoms with Crippen LogP contribution in [-0.2, 0) is 6.42 Å². The van der Waals surface area contributed by atoms with Crippen LogP contribution in [0.4, 0.5) is 11.5 Å². The molecule has 5 rings (SSSR count). The Hall–Kier alpha value is -3.48. The molecule has 0 unspecified atom stereocenters. The van der Waals surface area contributed by atoms with Gasteiger partial charge in [-0.15, -0.1) is 5.10 Å². The van der Waals surface area contributed by atoms with Gasteiger partial charge in [0.05, 0.1) is 0 Å². The molecule has 0 N–H and O–H groups in total. The second-order valence-electron chi connectivity index (χ2n) is 8.06. The number of fused-ring (bicyclic) bond motifs is 1. The number of piperazine rings is 1. The molecule has 158 valence electrons. The summed E-state index contributed by atoms with van der Waals surface area (Å²) in [6, 6.07) is 14.8. The lowest BCUT2D eigenvalue weighted by Crippen LogP contribution is -2.47. The van der Waals surface area contributed by atoms with Crippen LogP contribution in [0.15, 0.2) is 54.9 Å². The van der Waals surface area contributed by atoms with Crippen LogP contribution in [0.5, 0.6) is 0 Å². The standard InChI is InChI=1S/C24H27N7/c1-3-6-20-16-22(30-13-11-29(12-14-30)21-9-4-7-18(2)15-21)31-24(26-20)27-23(28-31)19-8-5-10-25-17-19/h4-5,7-10,15-17H,3,6,11-14H2,1-2H3. The first-order valence-electron chi connectivity index (χ1n) is 10.9. The third-order valence-electron chi connectivity index (χ3n) is 5.74. The van der Waals surface area contributed by atoms with Crippen LogP contribution in [0, 0.1) is 6.92 Å². The number of pyridine rings is 1. The van der Waals surface area contributed by atoms with E-state index >= 15 is 0 Å². The number of benzene rings is 1. The van der Waals surface area contributed by atoms with Gasteiger partial charge in [-0.25, -0.2) is 4.98 Å². The molecule has 0 spiro atoms. The summed E-state index contributed by atoms with van der Waals surface area (Å²) >= 11 is 0. The number of hydrogen-bond acceptors (Lipinski definition) is 6. The van der Waals surface area contributed by atoms with Crippen molar-refractivity contribution >= 4 is 17.3 Å². The van der Waals surface area contributed by atoms with Crippen molar-refractivity contribution in [2.24, 2.45) is 0 Å². The molecule has 3 aromatic heterocycles. The molecule has 1 aliphatic rings. The lowest BCUT2D eigenvalue weighted by atomic mass is 10.2. The van der Waals surface area contributed by atoms with E-state index in [1.807, 2.05) is 16.6 Å². The number of nitrogens with zero attached hydrogens (tertiary/aromatic N) is 7. The number of aromatic nitrogens is 5. The fraction of sp³-hybridized carbons (Fsp3) is 0.333. The smallest absolute Gasteiger partial charge is 0.254 e. The zero-order chi connectivity index (χ0) is 21.2. The Morgan fingerprint density at radius 1 is 0.935 bits per heavy atom.